The second-order valence-corrected chi connectivity index (χ2v) is 14.9. The first kappa shape index (κ1) is 28.6. The van der Waals surface area contributed by atoms with Crippen LogP contribution in [0.5, 0.6) is 0 Å². The van der Waals surface area contributed by atoms with E-state index >= 15 is 0 Å². The summed E-state index contributed by atoms with van der Waals surface area (Å²) in [7, 11) is 0. The first-order valence-electron chi connectivity index (χ1n) is 18.0. The zero-order valence-corrected chi connectivity index (χ0v) is 28.7. The summed E-state index contributed by atoms with van der Waals surface area (Å²) in [5.74, 6) is 0.218. The third kappa shape index (κ3) is 4.03. The molecule has 2 aliphatic carbocycles. The molecule has 11 rings (SSSR count). The van der Waals surface area contributed by atoms with Crippen molar-refractivity contribution in [3.8, 4) is 39.1 Å². The zero-order valence-electron chi connectivity index (χ0n) is 28.7. The van der Waals surface area contributed by atoms with Crippen LogP contribution in [0.4, 0.5) is 0 Å². The highest BCUT2D eigenvalue weighted by Crippen LogP contribution is 2.52. The van der Waals surface area contributed by atoms with Crippen LogP contribution in [0.1, 0.15) is 47.6 Å². The predicted octanol–water partition coefficient (Wildman–Crippen LogP) is 13.1. The van der Waals surface area contributed by atoms with Crippen LogP contribution < -0.4 is 0 Å². The molecule has 0 aliphatic heterocycles. The van der Waals surface area contributed by atoms with E-state index in [2.05, 4.69) is 188 Å². The predicted molar refractivity (Wildman–Crippen MR) is 214 cm³/mol. The summed E-state index contributed by atoms with van der Waals surface area (Å²) in [6.45, 7) is 4.75. The molecule has 1 aromatic heterocycles. The molecule has 9 aromatic rings. The summed E-state index contributed by atoms with van der Waals surface area (Å²) in [5.41, 5.74) is 18.4. The Morgan fingerprint density at radius 3 is 2.00 bits per heavy atom. The summed E-state index contributed by atoms with van der Waals surface area (Å²) >= 11 is 0. The average Bonchev–Trinajstić information content (AvgIpc) is 3.76. The first-order chi connectivity index (χ1) is 25.0. The number of para-hydroxylation sites is 1. The number of benzene rings is 8. The molecule has 51 heavy (non-hydrogen) atoms. The molecule has 0 saturated heterocycles. The molecule has 1 atom stereocenters. The number of nitrogens with zero attached hydrogens (tertiary/aromatic N) is 1. The molecule has 0 fully saturated rings. The van der Waals surface area contributed by atoms with E-state index in [4.69, 9.17) is 0 Å². The van der Waals surface area contributed by atoms with Gasteiger partial charge in [0, 0.05) is 27.8 Å². The van der Waals surface area contributed by atoms with Crippen LogP contribution in [0.3, 0.4) is 0 Å². The fourth-order valence-corrected chi connectivity index (χ4v) is 9.38. The largest absolute Gasteiger partial charge is 0.309 e. The monoisotopic (exact) mass is 649 g/mol. The van der Waals surface area contributed by atoms with Crippen LogP contribution in [0.25, 0.3) is 71.6 Å². The summed E-state index contributed by atoms with van der Waals surface area (Å²) in [5, 5.41) is 5.16. The lowest BCUT2D eigenvalue weighted by Gasteiger charge is -2.21. The lowest BCUT2D eigenvalue weighted by molar-refractivity contribution is 0.661. The maximum Gasteiger partial charge on any atom is 0.0547 e. The molecule has 1 nitrogen and oxygen atoms in total. The molecule has 1 heterocycles. The van der Waals surface area contributed by atoms with Crippen molar-refractivity contribution in [3.05, 3.63) is 198 Å². The highest BCUT2D eigenvalue weighted by molar-refractivity contribution is 6.12. The molecule has 0 bridgehead atoms. The molecule has 1 unspecified atom stereocenters. The van der Waals surface area contributed by atoms with Gasteiger partial charge in [-0.25, -0.2) is 0 Å². The minimum Gasteiger partial charge on any atom is -0.309 e. The SMILES string of the molecule is CC1(C)c2ccccc2-c2cc3c(cc21)c1cc(-c2ccc4c(c2)-c2ccccc2C4c2ccc4ccccc4c2)ccc1n3-c1ccccc1. The maximum atomic E-state index is 2.49. The molecule has 1 heteroatoms. The quantitative estimate of drug-likeness (QED) is 0.179. The van der Waals surface area contributed by atoms with Crippen LogP contribution in [-0.4, -0.2) is 4.57 Å². The Balaban J connectivity index is 1.10. The van der Waals surface area contributed by atoms with Crippen molar-refractivity contribution in [2.24, 2.45) is 0 Å². The lowest BCUT2D eigenvalue weighted by atomic mass is 9.82. The molecule has 8 aromatic carbocycles. The van der Waals surface area contributed by atoms with Crippen molar-refractivity contribution < 1.29 is 0 Å². The Kier molecular flexibility index (Phi) is 5.85. The molecule has 240 valence electrons. The third-order valence-corrected chi connectivity index (χ3v) is 11.8. The van der Waals surface area contributed by atoms with Gasteiger partial charge in [-0.05, 0) is 114 Å². The van der Waals surface area contributed by atoms with Gasteiger partial charge in [-0.1, -0.05) is 141 Å². The van der Waals surface area contributed by atoms with Crippen molar-refractivity contribution in [2.75, 3.05) is 0 Å². The van der Waals surface area contributed by atoms with Gasteiger partial charge in [0.1, 0.15) is 0 Å². The zero-order chi connectivity index (χ0) is 33.8. The van der Waals surface area contributed by atoms with E-state index in [1.54, 1.807) is 0 Å². The van der Waals surface area contributed by atoms with E-state index in [0.29, 0.717) is 0 Å². The minimum atomic E-state index is -0.0617. The minimum absolute atomic E-state index is 0.0617. The summed E-state index contributed by atoms with van der Waals surface area (Å²) in [6, 6.07) is 63.6. The van der Waals surface area contributed by atoms with Crippen molar-refractivity contribution in [2.45, 2.75) is 25.2 Å². The number of rotatable bonds is 3. The van der Waals surface area contributed by atoms with Crippen molar-refractivity contribution in [1.29, 1.82) is 0 Å². The number of aromatic nitrogens is 1. The molecule has 2 aliphatic rings. The standard InChI is InChI=1S/C50H35N/c1-50(2)45-19-11-10-17-38(45)42-30-48-44(29-46(42)50)43-28-34(23-25-47(43)51(48)36-14-4-3-5-15-36)33-22-24-40-41(27-33)37-16-8-9-18-39(37)49(40)35-21-20-31-12-6-7-13-32(31)26-35/h3-30,49H,1-2H3. The lowest BCUT2D eigenvalue weighted by Crippen LogP contribution is -2.14. The van der Waals surface area contributed by atoms with Gasteiger partial charge >= 0.3 is 0 Å². The van der Waals surface area contributed by atoms with E-state index in [9.17, 15) is 0 Å². The van der Waals surface area contributed by atoms with Gasteiger partial charge in [-0.3, -0.25) is 0 Å². The summed E-state index contributed by atoms with van der Waals surface area (Å²) in [6.07, 6.45) is 0. The topological polar surface area (TPSA) is 4.93 Å². The fourth-order valence-electron chi connectivity index (χ4n) is 9.38. The summed E-state index contributed by atoms with van der Waals surface area (Å²) < 4.78 is 2.45. The van der Waals surface area contributed by atoms with E-state index in [1.807, 2.05) is 0 Å². The normalized spacial score (nSPS) is 15.2. The van der Waals surface area contributed by atoms with E-state index in [1.165, 1.54) is 99.5 Å². The third-order valence-electron chi connectivity index (χ3n) is 11.8. The van der Waals surface area contributed by atoms with Crippen molar-refractivity contribution in [3.63, 3.8) is 0 Å². The highest BCUT2D eigenvalue weighted by atomic mass is 15.0. The fraction of sp³-hybridized carbons (Fsp3) is 0.0800. The van der Waals surface area contributed by atoms with E-state index in [0.717, 1.165) is 0 Å². The van der Waals surface area contributed by atoms with Crippen LogP contribution in [-0.2, 0) is 5.41 Å². The van der Waals surface area contributed by atoms with Crippen LogP contribution in [0, 0.1) is 0 Å². The Hall–Kier alpha value is -6.18. The van der Waals surface area contributed by atoms with Gasteiger partial charge in [0.15, 0.2) is 0 Å². The summed E-state index contributed by atoms with van der Waals surface area (Å²) in [4.78, 5) is 0. The van der Waals surface area contributed by atoms with Gasteiger partial charge in [0.05, 0.1) is 11.0 Å². The second-order valence-electron chi connectivity index (χ2n) is 14.9. The van der Waals surface area contributed by atoms with Crippen LogP contribution in [0.2, 0.25) is 0 Å². The van der Waals surface area contributed by atoms with Crippen molar-refractivity contribution >= 4 is 32.6 Å². The molecule has 0 spiro atoms. The number of hydrogen-bond acceptors (Lipinski definition) is 0. The Morgan fingerprint density at radius 1 is 0.431 bits per heavy atom. The Bertz CT molecular complexity index is 2890. The average molecular weight is 650 g/mol. The van der Waals surface area contributed by atoms with Gasteiger partial charge < -0.3 is 4.57 Å². The van der Waals surface area contributed by atoms with Crippen molar-refractivity contribution in [1.82, 2.24) is 4.57 Å². The van der Waals surface area contributed by atoms with Crippen LogP contribution >= 0.6 is 0 Å². The number of hydrogen-bond donors (Lipinski definition) is 0. The smallest absolute Gasteiger partial charge is 0.0547 e. The second kappa shape index (κ2) is 10.4. The first-order valence-corrected chi connectivity index (χ1v) is 18.0. The van der Waals surface area contributed by atoms with E-state index in [-0.39, 0.29) is 11.3 Å². The molecule has 0 amide bonds. The Labute approximate surface area is 298 Å². The van der Waals surface area contributed by atoms with Crippen LogP contribution in [0.15, 0.2) is 170 Å². The molecule has 0 N–H and O–H groups in total. The number of fused-ring (bicyclic) bond motifs is 10. The van der Waals surface area contributed by atoms with Gasteiger partial charge in [-0.2, -0.15) is 0 Å². The molecule has 0 saturated carbocycles. The Morgan fingerprint density at radius 2 is 1.12 bits per heavy atom. The maximum absolute atomic E-state index is 2.49. The molecular weight excluding hydrogens is 615 g/mol. The van der Waals surface area contributed by atoms with Gasteiger partial charge in [-0.15, -0.1) is 0 Å². The highest BCUT2D eigenvalue weighted by Gasteiger charge is 2.36. The molecular formula is C50H35N. The molecule has 0 radical (unpaired) electrons. The van der Waals surface area contributed by atoms with E-state index < -0.39 is 0 Å². The van der Waals surface area contributed by atoms with Gasteiger partial charge in [0.25, 0.3) is 0 Å². The van der Waals surface area contributed by atoms with Gasteiger partial charge in [0.2, 0.25) is 0 Å².